The first kappa shape index (κ1) is 14.7. The van der Waals surface area contributed by atoms with E-state index in [0.29, 0.717) is 16.5 Å². The van der Waals surface area contributed by atoms with Crippen LogP contribution in [-0.4, -0.2) is 10.4 Å². The fourth-order valence-electron chi connectivity index (χ4n) is 3.06. The highest BCUT2D eigenvalue weighted by Crippen LogP contribution is 2.26. The summed E-state index contributed by atoms with van der Waals surface area (Å²) in [6.45, 7) is 2.91. The first-order chi connectivity index (χ1) is 10.1. The average Bonchev–Trinajstić information content (AvgIpc) is 2.76. The standard InChI is InChI=1S/C17H17Cl2NO/c1-11-9-14-16(3-2-4-17(14)21)20(11)8-7-12-5-6-13(18)10-15(12)19/h5-6,9-10H,2-4,7-8H2,1H3. The predicted octanol–water partition coefficient (Wildman–Crippen LogP) is 4.87. The number of nitrogens with zero attached hydrogens (tertiary/aromatic N) is 1. The topological polar surface area (TPSA) is 22.0 Å². The lowest BCUT2D eigenvalue weighted by Crippen LogP contribution is -2.14. The van der Waals surface area contributed by atoms with Crippen LogP contribution in [0.2, 0.25) is 10.0 Å². The molecule has 0 N–H and O–H groups in total. The molecule has 2 nitrogen and oxygen atoms in total. The van der Waals surface area contributed by atoms with Gasteiger partial charge in [-0.2, -0.15) is 0 Å². The summed E-state index contributed by atoms with van der Waals surface area (Å²) in [5.41, 5.74) is 4.35. The normalized spacial score (nSPS) is 14.3. The Bertz CT molecular complexity index is 703. The molecule has 1 aliphatic rings. The Morgan fingerprint density at radius 3 is 2.76 bits per heavy atom. The number of Topliss-reactive ketones (excluding diaryl/α,β-unsaturated/α-hetero) is 1. The van der Waals surface area contributed by atoms with E-state index >= 15 is 0 Å². The number of fused-ring (bicyclic) bond motifs is 1. The van der Waals surface area contributed by atoms with Crippen molar-refractivity contribution in [3.8, 4) is 0 Å². The maximum absolute atomic E-state index is 12.0. The smallest absolute Gasteiger partial charge is 0.164 e. The third-order valence-corrected chi connectivity index (χ3v) is 4.74. The number of halogens is 2. The van der Waals surface area contributed by atoms with E-state index in [2.05, 4.69) is 11.5 Å². The van der Waals surface area contributed by atoms with Gasteiger partial charge in [-0.1, -0.05) is 29.3 Å². The van der Waals surface area contributed by atoms with Crippen LogP contribution in [0.25, 0.3) is 0 Å². The minimum absolute atomic E-state index is 0.280. The van der Waals surface area contributed by atoms with Crippen molar-refractivity contribution in [2.45, 2.75) is 39.2 Å². The molecule has 0 atom stereocenters. The largest absolute Gasteiger partial charge is 0.348 e. The molecule has 3 rings (SSSR count). The third-order valence-electron chi connectivity index (χ3n) is 4.15. The van der Waals surface area contributed by atoms with Crippen LogP contribution in [0, 0.1) is 6.92 Å². The van der Waals surface area contributed by atoms with E-state index in [1.54, 1.807) is 6.07 Å². The maximum Gasteiger partial charge on any atom is 0.164 e. The molecule has 1 aromatic heterocycles. The number of aromatic nitrogens is 1. The van der Waals surface area contributed by atoms with Gasteiger partial charge in [0.2, 0.25) is 0 Å². The summed E-state index contributed by atoms with van der Waals surface area (Å²) < 4.78 is 2.26. The first-order valence-corrected chi connectivity index (χ1v) is 7.98. The van der Waals surface area contributed by atoms with E-state index in [0.717, 1.165) is 42.6 Å². The molecular formula is C17H17Cl2NO. The van der Waals surface area contributed by atoms with Crippen molar-refractivity contribution in [1.82, 2.24) is 4.57 Å². The summed E-state index contributed by atoms with van der Waals surface area (Å²) in [6, 6.07) is 7.64. The summed E-state index contributed by atoms with van der Waals surface area (Å²) in [7, 11) is 0. The lowest BCUT2D eigenvalue weighted by atomic mass is 9.96. The van der Waals surface area contributed by atoms with Crippen molar-refractivity contribution in [3.05, 3.63) is 56.8 Å². The molecular weight excluding hydrogens is 305 g/mol. The summed E-state index contributed by atoms with van der Waals surface area (Å²) in [4.78, 5) is 12.0. The Labute approximate surface area is 134 Å². The monoisotopic (exact) mass is 321 g/mol. The lowest BCUT2D eigenvalue weighted by molar-refractivity contribution is 0.0972. The molecule has 2 aromatic rings. The Morgan fingerprint density at radius 1 is 1.19 bits per heavy atom. The predicted molar refractivity (Wildman–Crippen MR) is 86.6 cm³/mol. The van der Waals surface area contributed by atoms with Crippen LogP contribution in [-0.2, 0) is 19.4 Å². The van der Waals surface area contributed by atoms with E-state index in [-0.39, 0.29) is 5.78 Å². The molecule has 1 aliphatic carbocycles. The Hall–Kier alpha value is -1.25. The molecule has 1 heterocycles. The number of hydrogen-bond acceptors (Lipinski definition) is 1. The van der Waals surface area contributed by atoms with E-state index in [1.165, 1.54) is 5.69 Å². The highest BCUT2D eigenvalue weighted by Gasteiger charge is 2.22. The van der Waals surface area contributed by atoms with Crippen molar-refractivity contribution in [3.63, 3.8) is 0 Å². The van der Waals surface area contributed by atoms with Gasteiger partial charge < -0.3 is 4.57 Å². The molecule has 0 aliphatic heterocycles. The van der Waals surface area contributed by atoms with Gasteiger partial charge in [0.25, 0.3) is 0 Å². The van der Waals surface area contributed by atoms with E-state index in [9.17, 15) is 4.79 Å². The van der Waals surface area contributed by atoms with Crippen molar-refractivity contribution >= 4 is 29.0 Å². The molecule has 0 amide bonds. The van der Waals surface area contributed by atoms with Gasteiger partial charge in [-0.05, 0) is 49.9 Å². The number of rotatable bonds is 3. The fourth-order valence-corrected chi connectivity index (χ4v) is 3.56. The van der Waals surface area contributed by atoms with Gasteiger partial charge in [0.1, 0.15) is 0 Å². The second kappa shape index (κ2) is 5.86. The second-order valence-electron chi connectivity index (χ2n) is 5.56. The van der Waals surface area contributed by atoms with Crippen molar-refractivity contribution in [2.75, 3.05) is 0 Å². The van der Waals surface area contributed by atoms with Crippen LogP contribution in [0.15, 0.2) is 24.3 Å². The SMILES string of the molecule is Cc1cc2c(n1CCc1ccc(Cl)cc1Cl)CCCC2=O. The maximum atomic E-state index is 12.0. The molecule has 21 heavy (non-hydrogen) atoms. The van der Waals surface area contributed by atoms with E-state index in [4.69, 9.17) is 23.2 Å². The van der Waals surface area contributed by atoms with Crippen molar-refractivity contribution in [1.29, 1.82) is 0 Å². The molecule has 0 saturated carbocycles. The molecule has 0 radical (unpaired) electrons. The van der Waals surface area contributed by atoms with Crippen LogP contribution < -0.4 is 0 Å². The Balaban J connectivity index is 1.84. The fraction of sp³-hybridized carbons (Fsp3) is 0.353. The summed E-state index contributed by atoms with van der Waals surface area (Å²) in [5, 5.41) is 1.36. The molecule has 1 aromatic carbocycles. The highest BCUT2D eigenvalue weighted by atomic mass is 35.5. The zero-order valence-electron chi connectivity index (χ0n) is 12.0. The molecule has 0 saturated heterocycles. The minimum Gasteiger partial charge on any atom is -0.348 e. The Morgan fingerprint density at radius 2 is 2.00 bits per heavy atom. The second-order valence-corrected chi connectivity index (χ2v) is 6.40. The van der Waals surface area contributed by atoms with Gasteiger partial charge in [-0.15, -0.1) is 0 Å². The number of aryl methyl sites for hydroxylation is 2. The molecule has 0 bridgehead atoms. The van der Waals surface area contributed by atoms with Gasteiger partial charge >= 0.3 is 0 Å². The number of carbonyl (C=O) groups excluding carboxylic acids is 1. The van der Waals surface area contributed by atoms with Crippen LogP contribution >= 0.6 is 23.2 Å². The number of ketones is 1. The van der Waals surface area contributed by atoms with Crippen LogP contribution in [0.4, 0.5) is 0 Å². The minimum atomic E-state index is 0.280. The number of benzene rings is 1. The van der Waals surface area contributed by atoms with E-state index in [1.807, 2.05) is 18.2 Å². The average molecular weight is 322 g/mol. The quantitative estimate of drug-likeness (QED) is 0.790. The molecule has 0 fully saturated rings. The molecule has 0 spiro atoms. The van der Waals surface area contributed by atoms with Gasteiger partial charge in [0, 0.05) is 40.0 Å². The molecule has 110 valence electrons. The summed E-state index contributed by atoms with van der Waals surface area (Å²) in [6.07, 6.45) is 3.46. The molecule has 0 unspecified atom stereocenters. The van der Waals surface area contributed by atoms with Crippen LogP contribution in [0.3, 0.4) is 0 Å². The van der Waals surface area contributed by atoms with Gasteiger partial charge in [-0.25, -0.2) is 0 Å². The zero-order valence-corrected chi connectivity index (χ0v) is 13.5. The van der Waals surface area contributed by atoms with Crippen molar-refractivity contribution < 1.29 is 4.79 Å². The van der Waals surface area contributed by atoms with Gasteiger partial charge in [-0.3, -0.25) is 4.79 Å². The number of carbonyl (C=O) groups is 1. The summed E-state index contributed by atoms with van der Waals surface area (Å²) >= 11 is 12.2. The highest BCUT2D eigenvalue weighted by molar-refractivity contribution is 6.35. The Kier molecular flexibility index (Phi) is 4.10. The van der Waals surface area contributed by atoms with Gasteiger partial charge in [0.15, 0.2) is 5.78 Å². The van der Waals surface area contributed by atoms with Crippen LogP contribution in [0.5, 0.6) is 0 Å². The first-order valence-electron chi connectivity index (χ1n) is 7.22. The molecule has 4 heteroatoms. The third kappa shape index (κ3) is 2.88. The number of hydrogen-bond donors (Lipinski definition) is 0. The summed E-state index contributed by atoms with van der Waals surface area (Å²) in [5.74, 6) is 0.280. The van der Waals surface area contributed by atoms with Crippen molar-refractivity contribution in [2.24, 2.45) is 0 Å². The van der Waals surface area contributed by atoms with Crippen LogP contribution in [0.1, 0.15) is 40.2 Å². The van der Waals surface area contributed by atoms with Gasteiger partial charge in [0.05, 0.1) is 0 Å². The van der Waals surface area contributed by atoms with E-state index < -0.39 is 0 Å². The lowest BCUT2D eigenvalue weighted by Gasteiger charge is -2.16. The zero-order chi connectivity index (χ0) is 15.0.